The number of aromatic hydroxyl groups is 1. The van der Waals surface area contributed by atoms with E-state index in [0.29, 0.717) is 17.7 Å². The maximum atomic E-state index is 11.8. The van der Waals surface area contributed by atoms with Crippen LogP contribution in [0.1, 0.15) is 36.7 Å². The summed E-state index contributed by atoms with van der Waals surface area (Å²) in [4.78, 5) is 11.8. The fourth-order valence-corrected chi connectivity index (χ4v) is 1.81. The van der Waals surface area contributed by atoms with E-state index >= 15 is 0 Å². The van der Waals surface area contributed by atoms with E-state index in [9.17, 15) is 9.90 Å². The van der Waals surface area contributed by atoms with Crippen molar-refractivity contribution in [1.29, 1.82) is 0 Å². The highest BCUT2D eigenvalue weighted by Crippen LogP contribution is 2.36. The lowest BCUT2D eigenvalue weighted by Crippen LogP contribution is -2.39. The van der Waals surface area contributed by atoms with Crippen LogP contribution in [0.3, 0.4) is 0 Å². The average Bonchev–Trinajstić information content (AvgIpc) is 2.13. The van der Waals surface area contributed by atoms with Crippen LogP contribution in [0.15, 0.2) is 12.1 Å². The molecule has 1 aromatic carbocycles. The topological polar surface area (TPSA) is 55.8 Å². The Morgan fingerprint density at radius 2 is 2.00 bits per heavy atom. The minimum atomic E-state index is -0.983. The van der Waals surface area contributed by atoms with Crippen molar-refractivity contribution in [3.05, 3.63) is 23.3 Å². The van der Waals surface area contributed by atoms with E-state index in [-0.39, 0.29) is 5.75 Å². The second-order valence-electron chi connectivity index (χ2n) is 4.22. The summed E-state index contributed by atoms with van der Waals surface area (Å²) < 4.78 is 10.6. The molecule has 1 aliphatic rings. The normalized spacial score (nSPS) is 17.3. The number of esters is 1. The number of rotatable bonds is 1. The molecule has 86 valence electrons. The van der Waals surface area contributed by atoms with Gasteiger partial charge in [0, 0.05) is 19.9 Å². The van der Waals surface area contributed by atoms with Crippen molar-refractivity contribution in [2.24, 2.45) is 0 Å². The molecule has 0 saturated carbocycles. The Kier molecular flexibility index (Phi) is 2.30. The Hall–Kier alpha value is -1.71. The van der Waals surface area contributed by atoms with Gasteiger partial charge in [0.25, 0.3) is 0 Å². The zero-order chi connectivity index (χ0) is 11.9. The number of carbonyl (C=O) groups is 1. The second kappa shape index (κ2) is 3.40. The molecule has 4 heteroatoms. The summed E-state index contributed by atoms with van der Waals surface area (Å²) >= 11 is 0. The van der Waals surface area contributed by atoms with Gasteiger partial charge in [-0.25, -0.2) is 4.79 Å². The molecular weight excluding hydrogens is 208 g/mol. The second-order valence-corrected chi connectivity index (χ2v) is 4.22. The van der Waals surface area contributed by atoms with Gasteiger partial charge in [-0.05, 0) is 18.1 Å². The van der Waals surface area contributed by atoms with Crippen molar-refractivity contribution in [3.8, 4) is 11.5 Å². The van der Waals surface area contributed by atoms with Crippen molar-refractivity contribution < 1.29 is 19.4 Å². The molecule has 4 nitrogen and oxygen atoms in total. The van der Waals surface area contributed by atoms with Gasteiger partial charge in [0.05, 0.1) is 0 Å². The average molecular weight is 222 g/mol. The Bertz CT molecular complexity index is 449. The van der Waals surface area contributed by atoms with Crippen molar-refractivity contribution in [2.45, 2.75) is 33.0 Å². The van der Waals surface area contributed by atoms with E-state index in [0.717, 1.165) is 5.56 Å². The molecule has 0 aromatic heterocycles. The molecule has 1 aliphatic heterocycles. The molecule has 0 aliphatic carbocycles. The Labute approximate surface area is 93.8 Å². The third-order valence-electron chi connectivity index (χ3n) is 2.45. The predicted octanol–water partition coefficient (Wildman–Crippen LogP) is 2.24. The van der Waals surface area contributed by atoms with E-state index in [4.69, 9.17) is 9.47 Å². The molecule has 0 spiro atoms. The summed E-state index contributed by atoms with van der Waals surface area (Å²) in [6, 6.07) is 3.00. The number of cyclic esters (lactones) is 1. The summed E-state index contributed by atoms with van der Waals surface area (Å²) in [5, 5.41) is 9.52. The highest BCUT2D eigenvalue weighted by atomic mass is 16.7. The molecule has 0 fully saturated rings. The molecule has 0 atom stereocenters. The first kappa shape index (κ1) is 10.8. The van der Waals surface area contributed by atoms with Crippen LogP contribution >= 0.6 is 0 Å². The summed E-state index contributed by atoms with van der Waals surface area (Å²) in [5.41, 5.74) is 1.15. The third-order valence-corrected chi connectivity index (χ3v) is 2.45. The van der Waals surface area contributed by atoms with Gasteiger partial charge in [0.1, 0.15) is 17.1 Å². The number of aryl methyl sites for hydroxylation is 1. The van der Waals surface area contributed by atoms with Crippen LogP contribution in [0.25, 0.3) is 0 Å². The van der Waals surface area contributed by atoms with Crippen LogP contribution in [0, 0.1) is 0 Å². The Morgan fingerprint density at radius 1 is 1.31 bits per heavy atom. The Balaban J connectivity index is 2.60. The summed E-state index contributed by atoms with van der Waals surface area (Å²) in [6.45, 7) is 5.22. The molecule has 1 aromatic rings. The first-order valence-electron chi connectivity index (χ1n) is 5.21. The molecule has 1 heterocycles. The van der Waals surface area contributed by atoms with E-state index in [1.807, 2.05) is 6.92 Å². The van der Waals surface area contributed by atoms with Crippen molar-refractivity contribution >= 4 is 5.97 Å². The minimum absolute atomic E-state index is 0.0982. The van der Waals surface area contributed by atoms with E-state index < -0.39 is 11.8 Å². The van der Waals surface area contributed by atoms with Crippen LogP contribution in [0.4, 0.5) is 0 Å². The number of benzene rings is 1. The smallest absolute Gasteiger partial charge is 0.345 e. The number of phenolic OH excluding ortho intramolecular Hbond substituents is 1. The van der Waals surface area contributed by atoms with Gasteiger partial charge in [-0.2, -0.15) is 0 Å². The number of phenols is 1. The third kappa shape index (κ3) is 1.71. The SMILES string of the molecule is CCc1cc(O)cc2c1C(=O)OC(C)(C)O2. The molecule has 2 rings (SSSR count). The van der Waals surface area contributed by atoms with Crippen molar-refractivity contribution in [2.75, 3.05) is 0 Å². The van der Waals surface area contributed by atoms with Gasteiger partial charge in [0.2, 0.25) is 5.79 Å². The first-order chi connectivity index (χ1) is 7.43. The molecule has 0 bridgehead atoms. The Morgan fingerprint density at radius 3 is 2.62 bits per heavy atom. The van der Waals surface area contributed by atoms with E-state index in [2.05, 4.69) is 0 Å². The lowest BCUT2D eigenvalue weighted by molar-refractivity contribution is -0.127. The largest absolute Gasteiger partial charge is 0.508 e. The van der Waals surface area contributed by atoms with Crippen molar-refractivity contribution in [1.82, 2.24) is 0 Å². The van der Waals surface area contributed by atoms with E-state index in [1.54, 1.807) is 19.9 Å². The zero-order valence-electron chi connectivity index (χ0n) is 9.53. The van der Waals surface area contributed by atoms with Gasteiger partial charge < -0.3 is 14.6 Å². The number of carbonyl (C=O) groups excluding carboxylic acids is 1. The standard InChI is InChI=1S/C12H14O4/c1-4-7-5-8(13)6-9-10(7)11(14)16-12(2,3)15-9/h5-6,13H,4H2,1-3H3. The summed E-state index contributed by atoms with van der Waals surface area (Å²) in [6.07, 6.45) is 0.635. The summed E-state index contributed by atoms with van der Waals surface area (Å²) in [7, 11) is 0. The van der Waals surface area contributed by atoms with Gasteiger partial charge in [-0.15, -0.1) is 0 Å². The number of fused-ring (bicyclic) bond motifs is 1. The number of hydrogen-bond acceptors (Lipinski definition) is 4. The van der Waals surface area contributed by atoms with Crippen LogP contribution < -0.4 is 4.74 Å². The molecule has 0 saturated heterocycles. The number of ether oxygens (including phenoxy) is 2. The van der Waals surface area contributed by atoms with E-state index in [1.165, 1.54) is 6.07 Å². The molecule has 0 unspecified atom stereocenters. The molecule has 16 heavy (non-hydrogen) atoms. The lowest BCUT2D eigenvalue weighted by atomic mass is 10.0. The van der Waals surface area contributed by atoms with Gasteiger partial charge in [-0.3, -0.25) is 0 Å². The quantitative estimate of drug-likeness (QED) is 0.740. The van der Waals surface area contributed by atoms with Crippen LogP contribution in [-0.2, 0) is 11.2 Å². The highest BCUT2D eigenvalue weighted by molar-refractivity contribution is 5.95. The molecule has 0 radical (unpaired) electrons. The van der Waals surface area contributed by atoms with Crippen LogP contribution in [-0.4, -0.2) is 16.9 Å². The summed E-state index contributed by atoms with van der Waals surface area (Å²) in [5.74, 6) is -0.898. The zero-order valence-corrected chi connectivity index (χ0v) is 9.53. The fourth-order valence-electron chi connectivity index (χ4n) is 1.81. The first-order valence-corrected chi connectivity index (χ1v) is 5.21. The number of hydrogen-bond donors (Lipinski definition) is 1. The van der Waals surface area contributed by atoms with Gasteiger partial charge in [0.15, 0.2) is 0 Å². The molecule has 0 amide bonds. The molecular formula is C12H14O4. The van der Waals surface area contributed by atoms with Gasteiger partial charge in [-0.1, -0.05) is 6.92 Å². The predicted molar refractivity (Wildman–Crippen MR) is 57.6 cm³/mol. The monoisotopic (exact) mass is 222 g/mol. The molecule has 1 N–H and O–H groups in total. The maximum absolute atomic E-state index is 11.8. The minimum Gasteiger partial charge on any atom is -0.508 e. The van der Waals surface area contributed by atoms with Crippen molar-refractivity contribution in [3.63, 3.8) is 0 Å². The van der Waals surface area contributed by atoms with Crippen LogP contribution in [0.2, 0.25) is 0 Å². The van der Waals surface area contributed by atoms with Crippen LogP contribution in [0.5, 0.6) is 11.5 Å². The van der Waals surface area contributed by atoms with Gasteiger partial charge >= 0.3 is 5.97 Å². The lowest BCUT2D eigenvalue weighted by Gasteiger charge is -2.32. The maximum Gasteiger partial charge on any atom is 0.345 e. The fraction of sp³-hybridized carbons (Fsp3) is 0.417. The highest BCUT2D eigenvalue weighted by Gasteiger charge is 2.35.